The summed E-state index contributed by atoms with van der Waals surface area (Å²) in [5, 5.41) is 8.22. The Morgan fingerprint density at radius 2 is 1.00 bits per heavy atom. The molecule has 2 N–H and O–H groups in total. The molecule has 0 unspecified atom stereocenters. The van der Waals surface area contributed by atoms with Crippen LogP contribution in [0.3, 0.4) is 0 Å². The lowest BCUT2D eigenvalue weighted by Gasteiger charge is -2.13. The standard InChI is InChI=1S/C40H54N4O4/c1-3-5-7-9-11-16-28-47-36-24-20-34(21-25-36)31-41-43-39(45)38(30-33-18-14-13-15-19-33)40(46)44-42-32-35-22-26-37(27-23-35)48-29-17-12-10-8-6-4-2/h13-15,18-27,31-32,38H,3-12,16-17,28-30H2,1-2H3,(H,43,45)(H,44,46). The fraction of sp³-hybridized carbons (Fsp3) is 0.450. The Morgan fingerprint density at radius 3 is 1.44 bits per heavy atom. The summed E-state index contributed by atoms with van der Waals surface area (Å²) in [6.45, 7) is 5.84. The number of ether oxygens (including phenoxy) is 2. The monoisotopic (exact) mass is 654 g/mol. The topological polar surface area (TPSA) is 101 Å². The maximum atomic E-state index is 13.1. The molecular formula is C40H54N4O4. The molecule has 0 bridgehead atoms. The summed E-state index contributed by atoms with van der Waals surface area (Å²) in [7, 11) is 0. The number of nitrogens with one attached hydrogen (secondary N) is 2. The van der Waals surface area contributed by atoms with Gasteiger partial charge >= 0.3 is 0 Å². The number of carbonyl (C=O) groups excluding carboxylic acids is 2. The van der Waals surface area contributed by atoms with Gasteiger partial charge < -0.3 is 9.47 Å². The van der Waals surface area contributed by atoms with Gasteiger partial charge in [0.1, 0.15) is 17.4 Å². The molecule has 0 heterocycles. The molecule has 0 fully saturated rings. The van der Waals surface area contributed by atoms with Crippen molar-refractivity contribution >= 4 is 24.2 Å². The summed E-state index contributed by atoms with van der Waals surface area (Å²) < 4.78 is 11.7. The van der Waals surface area contributed by atoms with Crippen molar-refractivity contribution in [3.8, 4) is 11.5 Å². The number of unbranched alkanes of at least 4 members (excludes halogenated alkanes) is 10. The highest BCUT2D eigenvalue weighted by Gasteiger charge is 2.27. The zero-order chi connectivity index (χ0) is 34.1. The van der Waals surface area contributed by atoms with E-state index in [4.69, 9.17) is 9.47 Å². The number of hydrazone groups is 2. The number of benzene rings is 3. The molecule has 0 aliphatic rings. The number of nitrogens with zero attached hydrogens (tertiary/aromatic N) is 2. The second-order valence-corrected chi connectivity index (χ2v) is 12.1. The van der Waals surface area contributed by atoms with Crippen molar-refractivity contribution < 1.29 is 19.1 Å². The molecule has 0 aromatic heterocycles. The lowest BCUT2D eigenvalue weighted by atomic mass is 9.98. The molecule has 3 aromatic carbocycles. The highest BCUT2D eigenvalue weighted by Crippen LogP contribution is 2.15. The van der Waals surface area contributed by atoms with Crippen molar-refractivity contribution in [2.75, 3.05) is 13.2 Å². The fourth-order valence-electron chi connectivity index (χ4n) is 5.10. The maximum absolute atomic E-state index is 13.1. The van der Waals surface area contributed by atoms with Gasteiger partial charge in [-0.3, -0.25) is 9.59 Å². The Bertz CT molecular complexity index is 1270. The van der Waals surface area contributed by atoms with Gasteiger partial charge in [-0.05, 0) is 84.5 Å². The van der Waals surface area contributed by atoms with Crippen molar-refractivity contribution in [3.05, 3.63) is 95.6 Å². The van der Waals surface area contributed by atoms with E-state index in [0.717, 1.165) is 41.0 Å². The molecule has 258 valence electrons. The van der Waals surface area contributed by atoms with Gasteiger partial charge in [0, 0.05) is 0 Å². The highest BCUT2D eigenvalue weighted by molar-refractivity contribution is 6.01. The van der Waals surface area contributed by atoms with Crippen molar-refractivity contribution in [1.29, 1.82) is 0 Å². The summed E-state index contributed by atoms with van der Waals surface area (Å²) >= 11 is 0. The first-order valence-electron chi connectivity index (χ1n) is 17.7. The average molecular weight is 655 g/mol. The SMILES string of the molecule is CCCCCCCCOc1ccc(C=NNC(=O)C(Cc2ccccc2)C(=O)NN=Cc2ccc(OCCCCCCCC)cc2)cc1. The lowest BCUT2D eigenvalue weighted by Crippen LogP contribution is -2.39. The van der Waals surface area contributed by atoms with E-state index in [9.17, 15) is 9.59 Å². The van der Waals surface area contributed by atoms with Gasteiger partial charge in [0.2, 0.25) is 0 Å². The molecule has 8 nitrogen and oxygen atoms in total. The predicted octanol–water partition coefficient (Wildman–Crippen LogP) is 8.62. The zero-order valence-corrected chi connectivity index (χ0v) is 28.9. The van der Waals surface area contributed by atoms with E-state index in [1.807, 2.05) is 78.9 Å². The third-order valence-electron chi connectivity index (χ3n) is 7.99. The van der Waals surface area contributed by atoms with Gasteiger partial charge in [-0.25, -0.2) is 10.9 Å². The smallest absolute Gasteiger partial charge is 0.253 e. The molecule has 0 saturated heterocycles. The van der Waals surface area contributed by atoms with E-state index in [-0.39, 0.29) is 6.42 Å². The lowest BCUT2D eigenvalue weighted by molar-refractivity contribution is -0.135. The van der Waals surface area contributed by atoms with Crippen LogP contribution in [-0.2, 0) is 16.0 Å². The normalized spacial score (nSPS) is 11.9. The fourth-order valence-corrected chi connectivity index (χ4v) is 5.10. The molecule has 3 rings (SSSR count). The number of carbonyl (C=O) groups is 2. The molecule has 2 amide bonds. The number of hydrogen-bond acceptors (Lipinski definition) is 6. The van der Waals surface area contributed by atoms with Crippen LogP contribution < -0.4 is 20.3 Å². The quantitative estimate of drug-likeness (QED) is 0.0437. The predicted molar refractivity (Wildman–Crippen MR) is 196 cm³/mol. The molecule has 0 spiro atoms. The van der Waals surface area contributed by atoms with Crippen molar-refractivity contribution in [2.45, 2.75) is 97.3 Å². The van der Waals surface area contributed by atoms with Crippen LogP contribution in [0.25, 0.3) is 0 Å². The molecule has 0 saturated carbocycles. The second-order valence-electron chi connectivity index (χ2n) is 12.1. The van der Waals surface area contributed by atoms with Crippen LogP contribution in [0, 0.1) is 5.92 Å². The van der Waals surface area contributed by atoms with E-state index < -0.39 is 17.7 Å². The Labute approximate surface area is 287 Å². The van der Waals surface area contributed by atoms with Gasteiger partial charge in [0.15, 0.2) is 0 Å². The van der Waals surface area contributed by atoms with Crippen LogP contribution in [0.4, 0.5) is 0 Å². The van der Waals surface area contributed by atoms with Crippen LogP contribution in [-0.4, -0.2) is 37.5 Å². The molecule has 8 heteroatoms. The molecule has 3 aromatic rings. The largest absolute Gasteiger partial charge is 0.494 e. The molecule has 0 atom stereocenters. The van der Waals surface area contributed by atoms with E-state index in [1.165, 1.54) is 64.2 Å². The Balaban J connectivity index is 1.47. The first-order valence-corrected chi connectivity index (χ1v) is 17.7. The summed E-state index contributed by atoms with van der Waals surface area (Å²) in [4.78, 5) is 26.3. The summed E-state index contributed by atoms with van der Waals surface area (Å²) in [6.07, 6.45) is 17.9. The van der Waals surface area contributed by atoms with E-state index in [0.29, 0.717) is 13.2 Å². The number of hydrogen-bond donors (Lipinski definition) is 2. The summed E-state index contributed by atoms with van der Waals surface area (Å²) in [6, 6.07) is 24.5. The summed E-state index contributed by atoms with van der Waals surface area (Å²) in [5.74, 6) is -0.463. The Kier molecular flexibility index (Phi) is 18.8. The van der Waals surface area contributed by atoms with Crippen molar-refractivity contribution in [2.24, 2.45) is 16.1 Å². The molecule has 0 aliphatic heterocycles. The highest BCUT2D eigenvalue weighted by atomic mass is 16.5. The van der Waals surface area contributed by atoms with E-state index >= 15 is 0 Å². The first kappa shape index (κ1) is 38.0. The van der Waals surface area contributed by atoms with Crippen LogP contribution in [0.1, 0.15) is 108 Å². The maximum Gasteiger partial charge on any atom is 0.253 e. The van der Waals surface area contributed by atoms with Gasteiger partial charge in [-0.1, -0.05) is 108 Å². The first-order chi connectivity index (χ1) is 23.6. The third kappa shape index (κ3) is 15.9. The van der Waals surface area contributed by atoms with Gasteiger partial charge in [0.05, 0.1) is 25.6 Å². The second kappa shape index (κ2) is 23.8. The molecular weight excluding hydrogens is 600 g/mol. The van der Waals surface area contributed by atoms with Crippen LogP contribution in [0.15, 0.2) is 89.1 Å². The van der Waals surface area contributed by atoms with Crippen molar-refractivity contribution in [3.63, 3.8) is 0 Å². The van der Waals surface area contributed by atoms with Crippen LogP contribution >= 0.6 is 0 Å². The molecule has 48 heavy (non-hydrogen) atoms. The van der Waals surface area contributed by atoms with Gasteiger partial charge in [0.25, 0.3) is 11.8 Å². The summed E-state index contributed by atoms with van der Waals surface area (Å²) in [5.41, 5.74) is 7.52. The van der Waals surface area contributed by atoms with Gasteiger partial charge in [-0.15, -0.1) is 0 Å². The zero-order valence-electron chi connectivity index (χ0n) is 28.9. The van der Waals surface area contributed by atoms with Crippen molar-refractivity contribution in [1.82, 2.24) is 10.9 Å². The van der Waals surface area contributed by atoms with Crippen LogP contribution in [0.2, 0.25) is 0 Å². The Morgan fingerprint density at radius 1 is 0.583 bits per heavy atom. The number of rotatable bonds is 24. The molecule has 0 radical (unpaired) electrons. The number of amides is 2. The third-order valence-corrected chi connectivity index (χ3v) is 7.99. The van der Waals surface area contributed by atoms with Gasteiger partial charge in [-0.2, -0.15) is 10.2 Å². The Hall–Kier alpha value is -4.46. The minimum absolute atomic E-state index is 0.207. The molecule has 0 aliphatic carbocycles. The minimum Gasteiger partial charge on any atom is -0.494 e. The van der Waals surface area contributed by atoms with E-state index in [1.54, 1.807) is 12.4 Å². The average Bonchev–Trinajstić information content (AvgIpc) is 3.11. The minimum atomic E-state index is -1.03. The van der Waals surface area contributed by atoms with Crippen LogP contribution in [0.5, 0.6) is 11.5 Å². The van der Waals surface area contributed by atoms with E-state index in [2.05, 4.69) is 34.9 Å².